The average Bonchev–Trinajstić information content (AvgIpc) is 3.26. The van der Waals surface area contributed by atoms with E-state index in [-0.39, 0.29) is 17.9 Å². The van der Waals surface area contributed by atoms with E-state index in [0.717, 1.165) is 30.6 Å². The molecule has 2 heterocycles. The van der Waals surface area contributed by atoms with Gasteiger partial charge in [0.15, 0.2) is 5.13 Å². The number of fused-ring (bicyclic) bond motifs is 1. The first-order valence-corrected chi connectivity index (χ1v) is 10.3. The van der Waals surface area contributed by atoms with E-state index in [1.807, 2.05) is 18.2 Å². The summed E-state index contributed by atoms with van der Waals surface area (Å²) >= 11 is 1.22. The second-order valence-electron chi connectivity index (χ2n) is 6.87. The molecule has 1 aliphatic heterocycles. The quantitative estimate of drug-likeness (QED) is 0.547. The van der Waals surface area contributed by atoms with E-state index in [9.17, 15) is 9.59 Å². The lowest BCUT2D eigenvalue weighted by Crippen LogP contribution is -2.31. The van der Waals surface area contributed by atoms with E-state index >= 15 is 0 Å². The minimum Gasteiger partial charge on any atom is -0.493 e. The van der Waals surface area contributed by atoms with Gasteiger partial charge in [-0.3, -0.25) is 9.69 Å². The van der Waals surface area contributed by atoms with Crippen LogP contribution in [0.4, 0.5) is 5.13 Å². The van der Waals surface area contributed by atoms with Gasteiger partial charge in [0, 0.05) is 18.5 Å². The fourth-order valence-corrected chi connectivity index (χ4v) is 4.23. The van der Waals surface area contributed by atoms with Crippen LogP contribution in [0.25, 0.3) is 6.08 Å². The molecule has 2 aliphatic rings. The lowest BCUT2D eigenvalue weighted by atomic mass is 10.1. The standard InChI is InChI=1S/C21H22N2O4S/c1-3-26-20(25)19-13(2)22-21(28-19)23(16-6-7-16)18(24)9-5-14-4-8-17-15(12-14)10-11-27-17/h4-5,8-9,12,16H,3,6-7,10-11H2,1-2H3. The number of aryl methyl sites for hydroxylation is 1. The molecule has 146 valence electrons. The second kappa shape index (κ2) is 7.75. The number of ether oxygens (including phenoxy) is 2. The Morgan fingerprint density at radius 1 is 1.39 bits per heavy atom. The summed E-state index contributed by atoms with van der Waals surface area (Å²) in [4.78, 5) is 31.6. The van der Waals surface area contributed by atoms with Crippen molar-refractivity contribution in [2.45, 2.75) is 39.2 Å². The van der Waals surface area contributed by atoms with Gasteiger partial charge in [-0.1, -0.05) is 17.4 Å². The minimum atomic E-state index is -0.386. The fourth-order valence-electron chi connectivity index (χ4n) is 3.19. The summed E-state index contributed by atoms with van der Waals surface area (Å²) in [6, 6.07) is 6.09. The van der Waals surface area contributed by atoms with Gasteiger partial charge in [-0.25, -0.2) is 9.78 Å². The van der Waals surface area contributed by atoms with Gasteiger partial charge >= 0.3 is 5.97 Å². The molecule has 0 unspecified atom stereocenters. The number of rotatable bonds is 6. The number of hydrogen-bond donors (Lipinski definition) is 0. The van der Waals surface area contributed by atoms with Crippen LogP contribution in [-0.4, -0.2) is 36.1 Å². The monoisotopic (exact) mass is 398 g/mol. The van der Waals surface area contributed by atoms with Crippen LogP contribution in [0.5, 0.6) is 5.75 Å². The molecule has 1 fully saturated rings. The third-order valence-corrected chi connectivity index (χ3v) is 5.87. The Hall–Kier alpha value is -2.67. The number of carbonyl (C=O) groups is 2. The Labute approximate surface area is 167 Å². The highest BCUT2D eigenvalue weighted by atomic mass is 32.1. The zero-order chi connectivity index (χ0) is 19.7. The molecule has 1 saturated carbocycles. The number of nitrogens with zero attached hydrogens (tertiary/aromatic N) is 2. The molecule has 2 aromatic rings. The molecule has 1 amide bonds. The number of thiazole rings is 1. The first-order valence-electron chi connectivity index (χ1n) is 9.48. The molecular weight excluding hydrogens is 376 g/mol. The summed E-state index contributed by atoms with van der Waals surface area (Å²) in [5.41, 5.74) is 2.73. The number of aromatic nitrogens is 1. The van der Waals surface area contributed by atoms with Crippen LogP contribution in [0.15, 0.2) is 24.3 Å². The molecule has 4 rings (SSSR count). The van der Waals surface area contributed by atoms with E-state index in [0.29, 0.717) is 28.9 Å². The van der Waals surface area contributed by atoms with Crippen LogP contribution in [-0.2, 0) is 16.0 Å². The van der Waals surface area contributed by atoms with E-state index in [1.54, 1.807) is 24.8 Å². The van der Waals surface area contributed by atoms with Crippen LogP contribution in [0.2, 0.25) is 0 Å². The van der Waals surface area contributed by atoms with Crippen molar-refractivity contribution in [3.05, 3.63) is 46.0 Å². The van der Waals surface area contributed by atoms with Crippen LogP contribution in [0, 0.1) is 6.92 Å². The largest absolute Gasteiger partial charge is 0.493 e. The third kappa shape index (κ3) is 3.80. The summed E-state index contributed by atoms with van der Waals surface area (Å²) in [6.45, 7) is 4.56. The fraction of sp³-hybridized carbons (Fsp3) is 0.381. The molecule has 0 saturated heterocycles. The van der Waals surface area contributed by atoms with Gasteiger partial charge in [0.2, 0.25) is 0 Å². The smallest absolute Gasteiger partial charge is 0.350 e. The van der Waals surface area contributed by atoms with Crippen molar-refractivity contribution >= 4 is 34.4 Å². The van der Waals surface area contributed by atoms with Crippen molar-refractivity contribution in [2.75, 3.05) is 18.1 Å². The predicted molar refractivity (Wildman–Crippen MR) is 108 cm³/mol. The molecule has 28 heavy (non-hydrogen) atoms. The SMILES string of the molecule is CCOC(=O)c1sc(N(C(=O)C=Cc2ccc3c(c2)CCO3)C2CC2)nc1C. The van der Waals surface area contributed by atoms with Crippen molar-refractivity contribution in [3.8, 4) is 5.75 Å². The maximum atomic E-state index is 12.9. The van der Waals surface area contributed by atoms with Crippen LogP contribution >= 0.6 is 11.3 Å². The van der Waals surface area contributed by atoms with Gasteiger partial charge in [0.25, 0.3) is 5.91 Å². The first-order chi connectivity index (χ1) is 13.6. The molecule has 1 aromatic carbocycles. The van der Waals surface area contributed by atoms with E-state index in [2.05, 4.69) is 11.1 Å². The van der Waals surface area contributed by atoms with Gasteiger partial charge in [-0.15, -0.1) is 0 Å². The average molecular weight is 398 g/mol. The molecule has 0 atom stereocenters. The van der Waals surface area contributed by atoms with Crippen molar-refractivity contribution in [3.63, 3.8) is 0 Å². The highest BCUT2D eigenvalue weighted by Gasteiger charge is 2.35. The lowest BCUT2D eigenvalue weighted by molar-refractivity contribution is -0.114. The molecular formula is C21H22N2O4S. The number of carbonyl (C=O) groups excluding carboxylic acids is 2. The van der Waals surface area contributed by atoms with Crippen LogP contribution in [0.3, 0.4) is 0 Å². The second-order valence-corrected chi connectivity index (χ2v) is 7.85. The van der Waals surface area contributed by atoms with Crippen molar-refractivity contribution < 1.29 is 19.1 Å². The summed E-state index contributed by atoms with van der Waals surface area (Å²) in [6.07, 6.45) is 6.19. The molecule has 7 heteroatoms. The maximum Gasteiger partial charge on any atom is 0.350 e. The summed E-state index contributed by atoms with van der Waals surface area (Å²) in [7, 11) is 0. The Morgan fingerprint density at radius 3 is 2.96 bits per heavy atom. The predicted octanol–water partition coefficient (Wildman–Crippen LogP) is 3.77. The van der Waals surface area contributed by atoms with Gasteiger partial charge < -0.3 is 9.47 Å². The molecule has 1 aliphatic carbocycles. The van der Waals surface area contributed by atoms with E-state index in [4.69, 9.17) is 9.47 Å². The highest BCUT2D eigenvalue weighted by Crippen LogP contribution is 2.36. The number of amides is 1. The number of benzene rings is 1. The topological polar surface area (TPSA) is 68.7 Å². The normalized spacial score (nSPS) is 15.4. The van der Waals surface area contributed by atoms with Crippen molar-refractivity contribution in [2.24, 2.45) is 0 Å². The van der Waals surface area contributed by atoms with Gasteiger partial charge in [0.05, 0.1) is 18.9 Å². The van der Waals surface area contributed by atoms with Crippen LogP contribution in [0.1, 0.15) is 46.3 Å². The van der Waals surface area contributed by atoms with E-state index in [1.165, 1.54) is 16.9 Å². The van der Waals surface area contributed by atoms with Crippen molar-refractivity contribution in [1.29, 1.82) is 0 Å². The van der Waals surface area contributed by atoms with Gasteiger partial charge in [-0.2, -0.15) is 0 Å². The third-order valence-electron chi connectivity index (χ3n) is 4.73. The molecule has 1 aromatic heterocycles. The summed E-state index contributed by atoms with van der Waals surface area (Å²) in [5.74, 6) is 0.416. The zero-order valence-electron chi connectivity index (χ0n) is 15.9. The number of hydrogen-bond acceptors (Lipinski definition) is 6. The Morgan fingerprint density at radius 2 is 2.21 bits per heavy atom. The first kappa shape index (κ1) is 18.7. The van der Waals surface area contributed by atoms with E-state index < -0.39 is 0 Å². The lowest BCUT2D eigenvalue weighted by Gasteiger charge is -2.17. The minimum absolute atomic E-state index is 0.122. The summed E-state index contributed by atoms with van der Waals surface area (Å²) in [5, 5.41) is 0.556. The summed E-state index contributed by atoms with van der Waals surface area (Å²) < 4.78 is 10.6. The highest BCUT2D eigenvalue weighted by molar-refractivity contribution is 7.17. The Balaban J connectivity index is 1.54. The zero-order valence-corrected chi connectivity index (χ0v) is 16.8. The molecule has 0 spiro atoms. The molecule has 0 bridgehead atoms. The maximum absolute atomic E-state index is 12.9. The van der Waals surface area contributed by atoms with Gasteiger partial charge in [-0.05, 0) is 56.0 Å². The molecule has 6 nitrogen and oxygen atoms in total. The van der Waals surface area contributed by atoms with Crippen LogP contribution < -0.4 is 9.64 Å². The molecule has 0 radical (unpaired) electrons. The Bertz CT molecular complexity index is 946. The number of esters is 1. The van der Waals surface area contributed by atoms with Gasteiger partial charge in [0.1, 0.15) is 10.6 Å². The van der Waals surface area contributed by atoms with Crippen molar-refractivity contribution in [1.82, 2.24) is 4.98 Å². The Kier molecular flexibility index (Phi) is 5.17. The number of anilines is 1. The molecule has 0 N–H and O–H groups in total.